The number of piperazine rings is 1. The molecule has 0 aromatic rings. The first-order valence-corrected chi connectivity index (χ1v) is 8.69. The maximum Gasteiger partial charge on any atom is 0.0244 e. The lowest BCUT2D eigenvalue weighted by atomic mass is 9.96. The zero-order chi connectivity index (χ0) is 13.7. The highest BCUT2D eigenvalue weighted by Gasteiger charge is 2.37. The van der Waals surface area contributed by atoms with Crippen molar-refractivity contribution in [2.45, 2.75) is 77.8 Å². The van der Waals surface area contributed by atoms with Crippen LogP contribution in [-0.2, 0) is 0 Å². The van der Waals surface area contributed by atoms with Crippen LogP contribution in [0.2, 0.25) is 0 Å². The second-order valence-corrected chi connectivity index (χ2v) is 7.07. The minimum absolute atomic E-state index is 0.765. The van der Waals surface area contributed by atoms with E-state index < -0.39 is 0 Å². The van der Waals surface area contributed by atoms with Gasteiger partial charge >= 0.3 is 0 Å². The van der Waals surface area contributed by atoms with E-state index in [2.05, 4.69) is 31.0 Å². The molecule has 1 heterocycles. The molecule has 0 radical (unpaired) electrons. The largest absolute Gasteiger partial charge is 0.311 e. The van der Waals surface area contributed by atoms with Gasteiger partial charge in [-0.3, -0.25) is 4.90 Å². The Balaban J connectivity index is 1.74. The highest BCUT2D eigenvalue weighted by molar-refractivity contribution is 4.95. The summed E-state index contributed by atoms with van der Waals surface area (Å²) < 4.78 is 0. The van der Waals surface area contributed by atoms with Gasteiger partial charge in [-0.25, -0.2) is 0 Å². The normalized spacial score (nSPS) is 29.1. The third-order valence-corrected chi connectivity index (χ3v) is 5.00. The number of rotatable bonds is 8. The summed E-state index contributed by atoms with van der Waals surface area (Å²) in [4.78, 5) is 2.80. The van der Waals surface area contributed by atoms with Gasteiger partial charge in [0.15, 0.2) is 0 Å². The summed E-state index contributed by atoms with van der Waals surface area (Å²) >= 11 is 0. The van der Waals surface area contributed by atoms with Crippen molar-refractivity contribution in [2.75, 3.05) is 19.6 Å². The number of unbranched alkanes of at least 4 members (excludes halogenated alkanes) is 4. The van der Waals surface area contributed by atoms with E-state index in [1.165, 1.54) is 64.6 Å². The van der Waals surface area contributed by atoms with Gasteiger partial charge in [0.05, 0.1) is 0 Å². The molecule has 112 valence electrons. The van der Waals surface area contributed by atoms with Crippen LogP contribution in [0.4, 0.5) is 0 Å². The Morgan fingerprint density at radius 3 is 2.47 bits per heavy atom. The van der Waals surface area contributed by atoms with Gasteiger partial charge in [0.25, 0.3) is 0 Å². The maximum atomic E-state index is 3.81. The summed E-state index contributed by atoms with van der Waals surface area (Å²) in [5.41, 5.74) is 0. The molecule has 19 heavy (non-hydrogen) atoms. The molecule has 2 atom stereocenters. The zero-order valence-corrected chi connectivity index (χ0v) is 13.3. The molecule has 2 rings (SSSR count). The predicted molar refractivity (Wildman–Crippen MR) is 83.5 cm³/mol. The Bertz CT molecular complexity index is 248. The van der Waals surface area contributed by atoms with Gasteiger partial charge in [0.2, 0.25) is 0 Å². The van der Waals surface area contributed by atoms with Crippen LogP contribution in [0.1, 0.15) is 65.7 Å². The molecule has 0 bridgehead atoms. The standard InChI is InChI=1S/C17H34N2/c1-4-5-6-7-8-11-19-13-16(15-9-10-15)18-12-17(19)14(2)3/h14-18H,4-13H2,1-3H3. The lowest BCUT2D eigenvalue weighted by Gasteiger charge is -2.42. The number of hydrogen-bond acceptors (Lipinski definition) is 2. The molecule has 1 N–H and O–H groups in total. The van der Waals surface area contributed by atoms with Gasteiger partial charge in [0, 0.05) is 25.2 Å². The molecule has 1 aliphatic carbocycles. The van der Waals surface area contributed by atoms with E-state index in [1.807, 2.05) is 0 Å². The lowest BCUT2D eigenvalue weighted by molar-refractivity contribution is 0.0903. The minimum Gasteiger partial charge on any atom is -0.311 e. The first kappa shape index (κ1) is 15.3. The van der Waals surface area contributed by atoms with Crippen molar-refractivity contribution in [3.05, 3.63) is 0 Å². The summed E-state index contributed by atoms with van der Waals surface area (Å²) in [5, 5.41) is 3.81. The van der Waals surface area contributed by atoms with Crippen molar-refractivity contribution in [1.82, 2.24) is 10.2 Å². The van der Waals surface area contributed by atoms with Crippen molar-refractivity contribution < 1.29 is 0 Å². The van der Waals surface area contributed by atoms with Crippen LogP contribution in [0.25, 0.3) is 0 Å². The molecule has 0 aromatic heterocycles. The molecule has 0 aromatic carbocycles. The van der Waals surface area contributed by atoms with Crippen LogP contribution in [0.3, 0.4) is 0 Å². The summed E-state index contributed by atoms with van der Waals surface area (Å²) in [5.74, 6) is 1.78. The van der Waals surface area contributed by atoms with Crippen molar-refractivity contribution >= 4 is 0 Å². The van der Waals surface area contributed by atoms with Gasteiger partial charge < -0.3 is 5.32 Å². The SMILES string of the molecule is CCCCCCCN1CC(C2CC2)NCC1C(C)C. The van der Waals surface area contributed by atoms with Gasteiger partial charge in [-0.1, -0.05) is 46.5 Å². The van der Waals surface area contributed by atoms with E-state index in [-0.39, 0.29) is 0 Å². The molecule has 2 fully saturated rings. The van der Waals surface area contributed by atoms with Crippen molar-refractivity contribution in [2.24, 2.45) is 11.8 Å². The number of hydrogen-bond donors (Lipinski definition) is 1. The fourth-order valence-electron chi connectivity index (χ4n) is 3.50. The Kier molecular flexibility index (Phi) is 6.15. The average Bonchev–Trinajstić information content (AvgIpc) is 3.22. The Morgan fingerprint density at radius 1 is 1.11 bits per heavy atom. The van der Waals surface area contributed by atoms with E-state index in [1.54, 1.807) is 0 Å². The van der Waals surface area contributed by atoms with Crippen LogP contribution in [-0.4, -0.2) is 36.6 Å². The molecule has 0 amide bonds. The molecule has 1 aliphatic heterocycles. The van der Waals surface area contributed by atoms with E-state index in [4.69, 9.17) is 0 Å². The topological polar surface area (TPSA) is 15.3 Å². The first-order valence-electron chi connectivity index (χ1n) is 8.69. The van der Waals surface area contributed by atoms with Crippen LogP contribution < -0.4 is 5.32 Å². The molecule has 2 heteroatoms. The van der Waals surface area contributed by atoms with E-state index in [9.17, 15) is 0 Å². The smallest absolute Gasteiger partial charge is 0.0244 e. The molecular weight excluding hydrogens is 232 g/mol. The van der Waals surface area contributed by atoms with Gasteiger partial charge in [0.1, 0.15) is 0 Å². The quantitative estimate of drug-likeness (QED) is 0.674. The molecule has 0 spiro atoms. The third kappa shape index (κ3) is 4.75. The van der Waals surface area contributed by atoms with Crippen LogP contribution in [0, 0.1) is 11.8 Å². The summed E-state index contributed by atoms with van der Waals surface area (Å²) in [6.07, 6.45) is 9.97. The molecule has 1 saturated carbocycles. The van der Waals surface area contributed by atoms with Crippen LogP contribution in [0.5, 0.6) is 0 Å². The molecule has 2 aliphatic rings. The number of nitrogens with one attached hydrogen (secondary N) is 1. The summed E-state index contributed by atoms with van der Waals surface area (Å²) in [6.45, 7) is 10.9. The predicted octanol–water partition coefficient (Wildman–Crippen LogP) is 3.67. The summed E-state index contributed by atoms with van der Waals surface area (Å²) in [7, 11) is 0. The van der Waals surface area contributed by atoms with E-state index in [0.29, 0.717) is 0 Å². The molecular formula is C17H34N2. The van der Waals surface area contributed by atoms with Crippen molar-refractivity contribution in [3.8, 4) is 0 Å². The maximum absolute atomic E-state index is 3.81. The molecule has 2 nitrogen and oxygen atoms in total. The van der Waals surface area contributed by atoms with Gasteiger partial charge in [-0.15, -0.1) is 0 Å². The van der Waals surface area contributed by atoms with E-state index >= 15 is 0 Å². The fraction of sp³-hybridized carbons (Fsp3) is 1.00. The zero-order valence-electron chi connectivity index (χ0n) is 13.3. The Morgan fingerprint density at radius 2 is 1.84 bits per heavy atom. The van der Waals surface area contributed by atoms with Crippen LogP contribution in [0.15, 0.2) is 0 Å². The number of nitrogens with zero attached hydrogens (tertiary/aromatic N) is 1. The fourth-order valence-corrected chi connectivity index (χ4v) is 3.50. The summed E-state index contributed by atoms with van der Waals surface area (Å²) in [6, 6.07) is 1.56. The first-order chi connectivity index (χ1) is 9.22. The van der Waals surface area contributed by atoms with Gasteiger partial charge in [-0.05, 0) is 37.6 Å². The minimum atomic E-state index is 0.765. The average molecular weight is 266 g/mol. The van der Waals surface area contributed by atoms with Crippen LogP contribution >= 0.6 is 0 Å². The van der Waals surface area contributed by atoms with E-state index in [0.717, 1.165) is 23.9 Å². The monoisotopic (exact) mass is 266 g/mol. The highest BCUT2D eigenvalue weighted by atomic mass is 15.2. The second-order valence-electron chi connectivity index (χ2n) is 7.07. The van der Waals surface area contributed by atoms with Crippen molar-refractivity contribution in [1.29, 1.82) is 0 Å². The highest BCUT2D eigenvalue weighted by Crippen LogP contribution is 2.34. The van der Waals surface area contributed by atoms with Crippen molar-refractivity contribution in [3.63, 3.8) is 0 Å². The molecule has 2 unspecified atom stereocenters. The molecule has 1 saturated heterocycles. The lowest BCUT2D eigenvalue weighted by Crippen LogP contribution is -2.59. The third-order valence-electron chi connectivity index (χ3n) is 5.00. The Hall–Kier alpha value is -0.0800. The second kappa shape index (κ2) is 7.64. The Labute approximate surface area is 120 Å². The van der Waals surface area contributed by atoms with Gasteiger partial charge in [-0.2, -0.15) is 0 Å².